The smallest absolute Gasteiger partial charge is 0.227 e. The molecule has 2 N–H and O–H groups in total. The number of amides is 3. The van der Waals surface area contributed by atoms with Gasteiger partial charge in [0, 0.05) is 37.8 Å². The van der Waals surface area contributed by atoms with Crippen molar-refractivity contribution in [1.29, 1.82) is 0 Å². The zero-order chi connectivity index (χ0) is 23.8. The van der Waals surface area contributed by atoms with Crippen molar-refractivity contribution in [3.8, 4) is 11.5 Å². The molecule has 0 bridgehead atoms. The van der Waals surface area contributed by atoms with Crippen LogP contribution in [0.3, 0.4) is 0 Å². The van der Waals surface area contributed by atoms with E-state index in [9.17, 15) is 14.4 Å². The molecule has 2 aromatic rings. The normalized spacial score (nSPS) is 15.3. The SMILES string of the molecule is CCOc1ccc(CCNC(=O)[C@@H]2CC(=O)N(c3cccc(NC(C)=O)c3)C2)cc1OCC. The molecule has 0 aromatic heterocycles. The van der Waals surface area contributed by atoms with Gasteiger partial charge >= 0.3 is 0 Å². The summed E-state index contributed by atoms with van der Waals surface area (Å²) < 4.78 is 11.2. The van der Waals surface area contributed by atoms with Gasteiger partial charge in [0.15, 0.2) is 11.5 Å². The van der Waals surface area contributed by atoms with E-state index in [-0.39, 0.29) is 24.1 Å². The number of hydrogen-bond acceptors (Lipinski definition) is 5. The van der Waals surface area contributed by atoms with Crippen LogP contribution in [-0.4, -0.2) is 44.0 Å². The maximum absolute atomic E-state index is 12.7. The van der Waals surface area contributed by atoms with Crippen LogP contribution in [-0.2, 0) is 20.8 Å². The Kier molecular flexibility index (Phi) is 8.29. The molecule has 1 saturated heterocycles. The number of nitrogens with one attached hydrogen (secondary N) is 2. The highest BCUT2D eigenvalue weighted by Crippen LogP contribution is 2.29. The first-order valence-corrected chi connectivity index (χ1v) is 11.3. The number of carbonyl (C=O) groups excluding carboxylic acids is 3. The van der Waals surface area contributed by atoms with Gasteiger partial charge in [-0.1, -0.05) is 12.1 Å². The molecule has 8 heteroatoms. The van der Waals surface area contributed by atoms with Crippen LogP contribution in [0.25, 0.3) is 0 Å². The van der Waals surface area contributed by atoms with Crippen molar-refractivity contribution in [3.05, 3.63) is 48.0 Å². The van der Waals surface area contributed by atoms with Gasteiger partial charge in [-0.25, -0.2) is 0 Å². The first-order valence-electron chi connectivity index (χ1n) is 11.3. The third-order valence-electron chi connectivity index (χ3n) is 5.29. The van der Waals surface area contributed by atoms with Crippen LogP contribution in [0, 0.1) is 5.92 Å². The average molecular weight is 454 g/mol. The summed E-state index contributed by atoms with van der Waals surface area (Å²) in [6.07, 6.45) is 0.801. The van der Waals surface area contributed by atoms with E-state index in [0.717, 1.165) is 5.56 Å². The fraction of sp³-hybridized carbons (Fsp3) is 0.400. The van der Waals surface area contributed by atoms with Crippen LogP contribution >= 0.6 is 0 Å². The monoisotopic (exact) mass is 453 g/mol. The highest BCUT2D eigenvalue weighted by atomic mass is 16.5. The zero-order valence-corrected chi connectivity index (χ0v) is 19.3. The van der Waals surface area contributed by atoms with Gasteiger partial charge in [0.2, 0.25) is 17.7 Å². The number of rotatable bonds is 10. The minimum Gasteiger partial charge on any atom is -0.490 e. The van der Waals surface area contributed by atoms with E-state index in [4.69, 9.17) is 9.47 Å². The van der Waals surface area contributed by atoms with Crippen LogP contribution < -0.4 is 25.0 Å². The van der Waals surface area contributed by atoms with E-state index in [0.29, 0.717) is 55.6 Å². The van der Waals surface area contributed by atoms with Gasteiger partial charge in [-0.3, -0.25) is 14.4 Å². The van der Waals surface area contributed by atoms with Crippen LogP contribution in [0.1, 0.15) is 32.8 Å². The first-order chi connectivity index (χ1) is 15.9. The van der Waals surface area contributed by atoms with Crippen molar-refractivity contribution in [2.24, 2.45) is 5.92 Å². The molecule has 0 spiro atoms. The second kappa shape index (κ2) is 11.4. The van der Waals surface area contributed by atoms with Gasteiger partial charge in [0.1, 0.15) is 0 Å². The lowest BCUT2D eigenvalue weighted by Crippen LogP contribution is -2.34. The summed E-state index contributed by atoms with van der Waals surface area (Å²) >= 11 is 0. The van der Waals surface area contributed by atoms with Crippen molar-refractivity contribution in [1.82, 2.24) is 5.32 Å². The second-order valence-corrected chi connectivity index (χ2v) is 7.83. The Morgan fingerprint density at radius 2 is 1.82 bits per heavy atom. The fourth-order valence-electron chi connectivity index (χ4n) is 3.81. The summed E-state index contributed by atoms with van der Waals surface area (Å²) in [5.41, 5.74) is 2.31. The summed E-state index contributed by atoms with van der Waals surface area (Å²) in [5.74, 6) is 0.558. The molecular formula is C25H31N3O5. The summed E-state index contributed by atoms with van der Waals surface area (Å²) in [6.45, 7) is 7.15. The van der Waals surface area contributed by atoms with Gasteiger partial charge < -0.3 is 25.0 Å². The van der Waals surface area contributed by atoms with Gasteiger partial charge in [0.05, 0.1) is 19.1 Å². The molecule has 1 aliphatic heterocycles. The van der Waals surface area contributed by atoms with Gasteiger partial charge in [-0.2, -0.15) is 0 Å². The lowest BCUT2D eigenvalue weighted by molar-refractivity contribution is -0.126. The van der Waals surface area contributed by atoms with Crippen molar-refractivity contribution in [2.75, 3.05) is 36.5 Å². The third-order valence-corrected chi connectivity index (χ3v) is 5.29. The Morgan fingerprint density at radius 1 is 1.06 bits per heavy atom. The topological polar surface area (TPSA) is 97.0 Å². The first kappa shape index (κ1) is 24.1. The quantitative estimate of drug-likeness (QED) is 0.576. The predicted molar refractivity (Wildman–Crippen MR) is 127 cm³/mol. The van der Waals surface area contributed by atoms with Crippen LogP contribution in [0.5, 0.6) is 11.5 Å². The number of carbonyl (C=O) groups is 3. The van der Waals surface area contributed by atoms with Crippen molar-refractivity contribution in [2.45, 2.75) is 33.6 Å². The van der Waals surface area contributed by atoms with Crippen molar-refractivity contribution in [3.63, 3.8) is 0 Å². The molecule has 0 unspecified atom stereocenters. The Morgan fingerprint density at radius 3 is 2.55 bits per heavy atom. The second-order valence-electron chi connectivity index (χ2n) is 7.83. The Balaban J connectivity index is 1.55. The number of anilines is 2. The molecule has 176 valence electrons. The Bertz CT molecular complexity index is 1010. The standard InChI is InChI=1S/C25H31N3O5/c1-4-32-22-10-9-18(13-23(22)33-5-2)11-12-26-25(31)19-14-24(30)28(16-19)21-8-6-7-20(15-21)27-17(3)29/h6-10,13,15,19H,4-5,11-12,14,16H2,1-3H3,(H,26,31)(H,27,29)/t19-/m1/s1. The highest BCUT2D eigenvalue weighted by Gasteiger charge is 2.35. The Hall–Kier alpha value is -3.55. The number of hydrogen-bond donors (Lipinski definition) is 2. The van der Waals surface area contributed by atoms with E-state index in [1.165, 1.54) is 6.92 Å². The maximum Gasteiger partial charge on any atom is 0.227 e. The minimum atomic E-state index is -0.416. The number of nitrogens with zero attached hydrogens (tertiary/aromatic N) is 1. The molecule has 1 aliphatic rings. The van der Waals surface area contributed by atoms with Crippen LogP contribution in [0.4, 0.5) is 11.4 Å². The largest absolute Gasteiger partial charge is 0.490 e. The lowest BCUT2D eigenvalue weighted by Gasteiger charge is -2.18. The van der Waals surface area contributed by atoms with Crippen molar-refractivity contribution >= 4 is 29.1 Å². The molecule has 33 heavy (non-hydrogen) atoms. The molecule has 0 saturated carbocycles. The van der Waals surface area contributed by atoms with E-state index >= 15 is 0 Å². The lowest BCUT2D eigenvalue weighted by atomic mass is 10.1. The van der Waals surface area contributed by atoms with Gasteiger partial charge in [-0.15, -0.1) is 0 Å². The molecule has 3 amide bonds. The number of benzene rings is 2. The zero-order valence-electron chi connectivity index (χ0n) is 19.3. The van der Waals surface area contributed by atoms with Gasteiger partial charge in [0.25, 0.3) is 0 Å². The predicted octanol–water partition coefficient (Wildman–Crippen LogP) is 3.15. The van der Waals surface area contributed by atoms with E-state index < -0.39 is 5.92 Å². The van der Waals surface area contributed by atoms with Crippen LogP contribution in [0.2, 0.25) is 0 Å². The molecule has 1 atom stereocenters. The maximum atomic E-state index is 12.7. The number of ether oxygens (including phenoxy) is 2. The highest BCUT2D eigenvalue weighted by molar-refractivity contribution is 6.01. The molecule has 1 fully saturated rings. The summed E-state index contributed by atoms with van der Waals surface area (Å²) in [5, 5.41) is 5.66. The molecule has 0 aliphatic carbocycles. The van der Waals surface area contributed by atoms with E-state index in [1.54, 1.807) is 29.2 Å². The minimum absolute atomic E-state index is 0.108. The summed E-state index contributed by atoms with van der Waals surface area (Å²) in [4.78, 5) is 38.1. The molecule has 1 heterocycles. The molecule has 3 rings (SSSR count). The fourth-order valence-corrected chi connectivity index (χ4v) is 3.81. The van der Waals surface area contributed by atoms with Gasteiger partial charge in [-0.05, 0) is 56.2 Å². The van der Waals surface area contributed by atoms with E-state index in [2.05, 4.69) is 10.6 Å². The third kappa shape index (κ3) is 6.47. The summed E-state index contributed by atoms with van der Waals surface area (Å²) in [7, 11) is 0. The van der Waals surface area contributed by atoms with E-state index in [1.807, 2.05) is 32.0 Å². The molecule has 0 radical (unpaired) electrons. The van der Waals surface area contributed by atoms with Crippen LogP contribution in [0.15, 0.2) is 42.5 Å². The molecule has 2 aromatic carbocycles. The molecule has 8 nitrogen and oxygen atoms in total. The molecular weight excluding hydrogens is 422 g/mol. The summed E-state index contributed by atoms with van der Waals surface area (Å²) in [6, 6.07) is 12.8. The van der Waals surface area contributed by atoms with Crippen molar-refractivity contribution < 1.29 is 23.9 Å². The average Bonchev–Trinajstić information content (AvgIpc) is 3.17. The Labute approximate surface area is 194 Å².